The largest absolute Gasteiger partial charge is 0.493 e. The van der Waals surface area contributed by atoms with Crippen molar-refractivity contribution in [2.45, 2.75) is 39.5 Å². The van der Waals surface area contributed by atoms with Gasteiger partial charge in [0.05, 0.1) is 7.11 Å². The number of piperidine rings is 1. The van der Waals surface area contributed by atoms with Crippen LogP contribution in [-0.2, 0) is 6.54 Å². The Balaban J connectivity index is 2.07. The monoisotopic (exact) mass is 314 g/mol. The number of halogens is 2. The molecule has 6 heteroatoms. The van der Waals surface area contributed by atoms with Gasteiger partial charge >= 0.3 is 6.61 Å². The van der Waals surface area contributed by atoms with Crippen molar-refractivity contribution in [1.82, 2.24) is 4.90 Å². The number of benzene rings is 1. The molecule has 4 nitrogen and oxygen atoms in total. The molecule has 1 aliphatic rings. The lowest BCUT2D eigenvalue weighted by molar-refractivity contribution is -0.0512. The van der Waals surface area contributed by atoms with E-state index < -0.39 is 6.61 Å². The summed E-state index contributed by atoms with van der Waals surface area (Å²) in [6, 6.07) is 5.28. The summed E-state index contributed by atoms with van der Waals surface area (Å²) in [5.74, 6) is 0.382. The molecule has 0 spiro atoms. The van der Waals surface area contributed by atoms with Crippen molar-refractivity contribution >= 4 is 0 Å². The van der Waals surface area contributed by atoms with Crippen LogP contribution in [0.15, 0.2) is 18.2 Å². The quantitative estimate of drug-likeness (QED) is 0.908. The lowest BCUT2D eigenvalue weighted by Crippen LogP contribution is -2.52. The number of nitrogens with two attached hydrogens (primary N) is 1. The summed E-state index contributed by atoms with van der Waals surface area (Å²) in [7, 11) is 1.44. The third-order valence-corrected chi connectivity index (χ3v) is 4.24. The minimum absolute atomic E-state index is 0.0576. The second-order valence-electron chi connectivity index (χ2n) is 6.46. The molecule has 0 bridgehead atoms. The maximum Gasteiger partial charge on any atom is 0.387 e. The number of rotatable bonds is 5. The SMILES string of the molecule is COc1cc(CN2CCC(N)C(C)(C)C2)ccc1OC(F)F. The van der Waals surface area contributed by atoms with Gasteiger partial charge in [0.1, 0.15) is 0 Å². The Morgan fingerprint density at radius 3 is 2.68 bits per heavy atom. The first-order chi connectivity index (χ1) is 10.3. The van der Waals surface area contributed by atoms with E-state index in [-0.39, 0.29) is 17.2 Å². The molecule has 0 radical (unpaired) electrons. The van der Waals surface area contributed by atoms with Crippen LogP contribution in [0.5, 0.6) is 11.5 Å². The molecule has 1 unspecified atom stereocenters. The fraction of sp³-hybridized carbons (Fsp3) is 0.625. The molecule has 22 heavy (non-hydrogen) atoms. The molecular weight excluding hydrogens is 290 g/mol. The first-order valence-corrected chi connectivity index (χ1v) is 7.41. The predicted molar refractivity (Wildman–Crippen MR) is 81.3 cm³/mol. The second-order valence-corrected chi connectivity index (χ2v) is 6.46. The zero-order valence-electron chi connectivity index (χ0n) is 13.3. The molecule has 2 N–H and O–H groups in total. The van der Waals surface area contributed by atoms with Gasteiger partial charge in [0.15, 0.2) is 11.5 Å². The fourth-order valence-electron chi connectivity index (χ4n) is 2.88. The van der Waals surface area contributed by atoms with E-state index in [9.17, 15) is 8.78 Å². The molecular formula is C16H24F2N2O2. The van der Waals surface area contributed by atoms with Crippen LogP contribution in [0.25, 0.3) is 0 Å². The Morgan fingerprint density at radius 1 is 1.36 bits per heavy atom. The van der Waals surface area contributed by atoms with E-state index in [2.05, 4.69) is 23.5 Å². The summed E-state index contributed by atoms with van der Waals surface area (Å²) in [6.07, 6.45) is 0.955. The molecule has 0 amide bonds. The average molecular weight is 314 g/mol. The lowest BCUT2D eigenvalue weighted by atomic mass is 9.79. The van der Waals surface area contributed by atoms with Crippen molar-refractivity contribution < 1.29 is 18.3 Å². The molecule has 124 valence electrons. The van der Waals surface area contributed by atoms with Crippen molar-refractivity contribution in [2.24, 2.45) is 11.1 Å². The van der Waals surface area contributed by atoms with Crippen LogP contribution in [0.1, 0.15) is 25.8 Å². The molecule has 0 saturated carbocycles. The Morgan fingerprint density at radius 2 is 2.09 bits per heavy atom. The van der Waals surface area contributed by atoms with Gasteiger partial charge in [0.2, 0.25) is 0 Å². The van der Waals surface area contributed by atoms with Gasteiger partial charge in [-0.2, -0.15) is 8.78 Å². The number of alkyl halides is 2. The standard InChI is InChI=1S/C16H24F2N2O2/c1-16(2)10-20(7-6-14(16)19)9-11-4-5-12(22-15(17)18)13(8-11)21-3/h4-5,8,14-15H,6-7,9-10,19H2,1-3H3. The molecule has 0 aromatic heterocycles. The number of hydrogen-bond acceptors (Lipinski definition) is 4. The van der Waals surface area contributed by atoms with E-state index in [0.717, 1.165) is 31.6 Å². The Labute approximate surface area is 130 Å². The van der Waals surface area contributed by atoms with Crippen molar-refractivity contribution in [3.8, 4) is 11.5 Å². The first kappa shape index (κ1) is 17.0. The van der Waals surface area contributed by atoms with Crippen LogP contribution in [0, 0.1) is 5.41 Å². The van der Waals surface area contributed by atoms with Gasteiger partial charge in [-0.25, -0.2) is 0 Å². The van der Waals surface area contributed by atoms with Crippen LogP contribution < -0.4 is 15.2 Å². The van der Waals surface area contributed by atoms with E-state index in [4.69, 9.17) is 10.5 Å². The Bertz CT molecular complexity index is 509. The molecule has 1 saturated heterocycles. The van der Waals surface area contributed by atoms with Crippen molar-refractivity contribution in [3.63, 3.8) is 0 Å². The summed E-state index contributed by atoms with van der Waals surface area (Å²) in [6.45, 7) is 4.06. The number of nitrogens with zero attached hydrogens (tertiary/aromatic N) is 1. The zero-order chi connectivity index (χ0) is 16.3. The van der Waals surface area contributed by atoms with E-state index >= 15 is 0 Å². The Hall–Kier alpha value is -1.40. The lowest BCUT2D eigenvalue weighted by Gasteiger charge is -2.42. The minimum Gasteiger partial charge on any atom is -0.493 e. The topological polar surface area (TPSA) is 47.7 Å². The number of likely N-dealkylation sites (tertiary alicyclic amines) is 1. The molecule has 1 heterocycles. The van der Waals surface area contributed by atoms with Gasteiger partial charge in [-0.05, 0) is 29.5 Å². The summed E-state index contributed by atoms with van der Waals surface area (Å²) in [5, 5.41) is 0. The normalized spacial score (nSPS) is 21.9. The van der Waals surface area contributed by atoms with Crippen molar-refractivity contribution in [1.29, 1.82) is 0 Å². The highest BCUT2D eigenvalue weighted by atomic mass is 19.3. The second kappa shape index (κ2) is 6.79. The van der Waals surface area contributed by atoms with E-state index in [1.54, 1.807) is 12.1 Å². The van der Waals surface area contributed by atoms with Crippen molar-refractivity contribution in [2.75, 3.05) is 20.2 Å². The minimum atomic E-state index is -2.86. The van der Waals surface area contributed by atoms with Gasteiger partial charge in [-0.15, -0.1) is 0 Å². The highest BCUT2D eigenvalue weighted by Gasteiger charge is 2.33. The molecule has 1 atom stereocenters. The van der Waals surface area contributed by atoms with E-state index in [0.29, 0.717) is 5.75 Å². The van der Waals surface area contributed by atoms with E-state index in [1.165, 1.54) is 13.2 Å². The Kier molecular flexibility index (Phi) is 5.24. The average Bonchev–Trinajstić information content (AvgIpc) is 2.43. The van der Waals surface area contributed by atoms with Crippen LogP contribution in [0.4, 0.5) is 8.78 Å². The predicted octanol–water partition coefficient (Wildman–Crippen LogP) is 2.86. The molecule has 1 aromatic carbocycles. The van der Waals surface area contributed by atoms with Gasteiger partial charge in [-0.3, -0.25) is 4.90 Å². The number of methoxy groups -OCH3 is 1. The first-order valence-electron chi connectivity index (χ1n) is 7.41. The third-order valence-electron chi connectivity index (χ3n) is 4.24. The van der Waals surface area contributed by atoms with Crippen LogP contribution in [-0.4, -0.2) is 37.8 Å². The van der Waals surface area contributed by atoms with Gasteiger partial charge in [-0.1, -0.05) is 19.9 Å². The summed E-state index contributed by atoms with van der Waals surface area (Å²) in [4.78, 5) is 2.33. The number of hydrogen-bond donors (Lipinski definition) is 1. The highest BCUT2D eigenvalue weighted by molar-refractivity contribution is 5.43. The summed E-state index contributed by atoms with van der Waals surface area (Å²) < 4.78 is 34.2. The highest BCUT2D eigenvalue weighted by Crippen LogP contribution is 2.32. The molecule has 1 aliphatic heterocycles. The molecule has 1 aromatic rings. The van der Waals surface area contributed by atoms with Crippen LogP contribution >= 0.6 is 0 Å². The van der Waals surface area contributed by atoms with Crippen molar-refractivity contribution in [3.05, 3.63) is 23.8 Å². The van der Waals surface area contributed by atoms with Gasteiger partial charge < -0.3 is 15.2 Å². The van der Waals surface area contributed by atoms with E-state index in [1.807, 2.05) is 0 Å². The summed E-state index contributed by atoms with van der Waals surface area (Å²) in [5.41, 5.74) is 7.22. The molecule has 0 aliphatic carbocycles. The zero-order valence-corrected chi connectivity index (χ0v) is 13.3. The molecule has 2 rings (SSSR count). The maximum absolute atomic E-state index is 12.3. The fourth-order valence-corrected chi connectivity index (χ4v) is 2.88. The smallest absolute Gasteiger partial charge is 0.387 e. The third kappa shape index (κ3) is 4.08. The maximum atomic E-state index is 12.3. The van der Waals surface area contributed by atoms with Crippen LogP contribution in [0.2, 0.25) is 0 Å². The summed E-state index contributed by atoms with van der Waals surface area (Å²) >= 11 is 0. The number of ether oxygens (including phenoxy) is 2. The van der Waals surface area contributed by atoms with Gasteiger partial charge in [0.25, 0.3) is 0 Å². The van der Waals surface area contributed by atoms with Gasteiger partial charge in [0, 0.05) is 25.7 Å². The molecule has 1 fully saturated rings. The van der Waals surface area contributed by atoms with Crippen LogP contribution in [0.3, 0.4) is 0 Å².